The van der Waals surface area contributed by atoms with Crippen molar-refractivity contribution in [2.45, 2.75) is 19.0 Å². The minimum absolute atomic E-state index is 0.140. The van der Waals surface area contributed by atoms with Gasteiger partial charge >= 0.3 is 6.18 Å². The fraction of sp³-hybridized carbons (Fsp3) is 0.400. The molecule has 1 rings (SSSR count). The Hall–Kier alpha value is -1.39. The Morgan fingerprint density at radius 1 is 1.33 bits per heavy atom. The van der Waals surface area contributed by atoms with Crippen LogP contribution in [-0.4, -0.2) is 13.3 Å². The summed E-state index contributed by atoms with van der Waals surface area (Å²) in [6.45, 7) is 1.10. The second-order valence-corrected chi connectivity index (χ2v) is 3.26. The maximum Gasteiger partial charge on any atom is 0.395 e. The van der Waals surface area contributed by atoms with Crippen LogP contribution in [0.15, 0.2) is 18.2 Å². The monoisotopic (exact) mass is 219 g/mol. The second kappa shape index (κ2) is 4.00. The molecule has 0 saturated carbocycles. The summed E-state index contributed by atoms with van der Waals surface area (Å²) in [6.07, 6.45) is -4.25. The highest BCUT2D eigenvalue weighted by molar-refractivity contribution is 5.54. The fourth-order valence-corrected chi connectivity index (χ4v) is 1.21. The fourth-order valence-electron chi connectivity index (χ4n) is 1.21. The van der Waals surface area contributed by atoms with Crippen molar-refractivity contribution in [1.82, 2.24) is 0 Å². The average molecular weight is 219 g/mol. The molecule has 15 heavy (non-hydrogen) atoms. The lowest BCUT2D eigenvalue weighted by Crippen LogP contribution is -2.17. The number of halogens is 3. The van der Waals surface area contributed by atoms with Crippen LogP contribution in [0.4, 0.5) is 18.9 Å². The molecule has 0 saturated heterocycles. The van der Waals surface area contributed by atoms with Crippen LogP contribution in [0, 0.1) is 0 Å². The molecular weight excluding hydrogens is 207 g/mol. The van der Waals surface area contributed by atoms with Gasteiger partial charge in [0, 0.05) is 0 Å². The van der Waals surface area contributed by atoms with Gasteiger partial charge in [0.1, 0.15) is 5.75 Å². The zero-order valence-electron chi connectivity index (χ0n) is 8.43. The van der Waals surface area contributed by atoms with Gasteiger partial charge in [-0.25, -0.2) is 0 Å². The van der Waals surface area contributed by atoms with Crippen LogP contribution in [-0.2, 0) is 0 Å². The van der Waals surface area contributed by atoms with E-state index in [-0.39, 0.29) is 11.3 Å². The van der Waals surface area contributed by atoms with Gasteiger partial charge in [0.2, 0.25) is 0 Å². The number of ether oxygens (including phenoxy) is 1. The lowest BCUT2D eigenvalue weighted by molar-refractivity contribution is -0.146. The number of rotatable bonds is 2. The lowest BCUT2D eigenvalue weighted by Gasteiger charge is -2.16. The van der Waals surface area contributed by atoms with E-state index in [4.69, 9.17) is 10.5 Å². The molecule has 0 bridgehead atoms. The van der Waals surface area contributed by atoms with Crippen molar-refractivity contribution in [3.05, 3.63) is 23.8 Å². The minimum Gasteiger partial charge on any atom is -0.495 e. The second-order valence-electron chi connectivity index (χ2n) is 3.26. The van der Waals surface area contributed by atoms with Crippen molar-refractivity contribution in [3.8, 4) is 5.75 Å². The van der Waals surface area contributed by atoms with Crippen LogP contribution in [0.3, 0.4) is 0 Å². The number of methoxy groups -OCH3 is 1. The third-order valence-corrected chi connectivity index (χ3v) is 2.24. The maximum absolute atomic E-state index is 12.4. The van der Waals surface area contributed by atoms with E-state index in [1.54, 1.807) is 0 Å². The highest BCUT2D eigenvalue weighted by Crippen LogP contribution is 2.36. The van der Waals surface area contributed by atoms with Crippen LogP contribution in [0.5, 0.6) is 5.75 Å². The quantitative estimate of drug-likeness (QED) is 0.776. The highest BCUT2D eigenvalue weighted by atomic mass is 19.4. The van der Waals surface area contributed by atoms with Crippen molar-refractivity contribution in [1.29, 1.82) is 0 Å². The molecule has 84 valence electrons. The highest BCUT2D eigenvalue weighted by Gasteiger charge is 2.37. The Morgan fingerprint density at radius 2 is 1.93 bits per heavy atom. The number of benzene rings is 1. The van der Waals surface area contributed by atoms with Gasteiger partial charge in [-0.3, -0.25) is 0 Å². The predicted octanol–water partition coefficient (Wildman–Crippen LogP) is 2.94. The first kappa shape index (κ1) is 11.7. The molecule has 2 nitrogen and oxygen atoms in total. The summed E-state index contributed by atoms with van der Waals surface area (Å²) >= 11 is 0. The van der Waals surface area contributed by atoms with Gasteiger partial charge in [-0.05, 0) is 24.6 Å². The molecule has 1 atom stereocenters. The van der Waals surface area contributed by atoms with E-state index in [2.05, 4.69) is 0 Å². The van der Waals surface area contributed by atoms with E-state index in [9.17, 15) is 13.2 Å². The number of anilines is 1. The van der Waals surface area contributed by atoms with Gasteiger partial charge in [0.15, 0.2) is 0 Å². The van der Waals surface area contributed by atoms with Crippen LogP contribution >= 0.6 is 0 Å². The molecule has 0 aliphatic rings. The van der Waals surface area contributed by atoms with E-state index in [1.807, 2.05) is 0 Å². The zero-order chi connectivity index (χ0) is 11.6. The van der Waals surface area contributed by atoms with Crippen molar-refractivity contribution >= 4 is 5.69 Å². The minimum atomic E-state index is -4.25. The smallest absolute Gasteiger partial charge is 0.395 e. The van der Waals surface area contributed by atoms with Gasteiger partial charge in [-0.2, -0.15) is 13.2 Å². The first-order valence-corrected chi connectivity index (χ1v) is 4.36. The van der Waals surface area contributed by atoms with E-state index < -0.39 is 12.1 Å². The van der Waals surface area contributed by atoms with Gasteiger partial charge in [0.25, 0.3) is 0 Å². The number of nitrogens with two attached hydrogens (primary N) is 1. The van der Waals surface area contributed by atoms with Gasteiger partial charge in [-0.1, -0.05) is 6.07 Å². The normalized spacial score (nSPS) is 13.7. The zero-order valence-corrected chi connectivity index (χ0v) is 8.43. The summed E-state index contributed by atoms with van der Waals surface area (Å²) in [5, 5.41) is 0. The SMILES string of the molecule is COc1ccc(C(C)C(F)(F)F)cc1N. The standard InChI is InChI=1S/C10H12F3NO/c1-6(10(11,12)13)7-3-4-9(15-2)8(14)5-7/h3-6H,14H2,1-2H3. The molecule has 1 aromatic carbocycles. The Morgan fingerprint density at radius 3 is 2.33 bits per heavy atom. The molecule has 0 aromatic heterocycles. The summed E-state index contributed by atoms with van der Waals surface area (Å²) in [5.74, 6) is -1.14. The number of nitrogen functional groups attached to an aromatic ring is 1. The first-order chi connectivity index (χ1) is 6.86. The summed E-state index contributed by atoms with van der Waals surface area (Å²) < 4.78 is 42.0. The maximum atomic E-state index is 12.4. The Balaban J connectivity index is 3.02. The molecule has 1 aromatic rings. The summed E-state index contributed by atoms with van der Waals surface area (Å²) in [6, 6.07) is 4.09. The van der Waals surface area contributed by atoms with Crippen LogP contribution < -0.4 is 10.5 Å². The van der Waals surface area contributed by atoms with E-state index in [0.29, 0.717) is 5.75 Å². The van der Waals surface area contributed by atoms with E-state index >= 15 is 0 Å². The molecule has 1 unspecified atom stereocenters. The van der Waals surface area contributed by atoms with Crippen LogP contribution in [0.2, 0.25) is 0 Å². The van der Waals surface area contributed by atoms with E-state index in [1.165, 1.54) is 25.3 Å². The molecule has 5 heteroatoms. The Kier molecular flexibility index (Phi) is 3.12. The van der Waals surface area contributed by atoms with Crippen molar-refractivity contribution < 1.29 is 17.9 Å². The average Bonchev–Trinajstić information content (AvgIpc) is 2.15. The largest absolute Gasteiger partial charge is 0.495 e. The molecule has 0 aliphatic heterocycles. The lowest BCUT2D eigenvalue weighted by atomic mass is 10.00. The number of hydrogen-bond donors (Lipinski definition) is 1. The third kappa shape index (κ3) is 2.55. The molecule has 0 heterocycles. The van der Waals surface area contributed by atoms with E-state index in [0.717, 1.165) is 6.92 Å². The Labute approximate surface area is 85.8 Å². The first-order valence-electron chi connectivity index (χ1n) is 4.36. The molecular formula is C10H12F3NO. The predicted molar refractivity (Wildman–Crippen MR) is 51.9 cm³/mol. The Bertz CT molecular complexity index is 349. The summed E-state index contributed by atoms with van der Waals surface area (Å²) in [4.78, 5) is 0. The number of hydrogen-bond acceptors (Lipinski definition) is 2. The molecule has 2 N–H and O–H groups in total. The van der Waals surface area contributed by atoms with Crippen LogP contribution in [0.1, 0.15) is 18.4 Å². The van der Waals surface area contributed by atoms with Crippen molar-refractivity contribution in [2.75, 3.05) is 12.8 Å². The summed E-state index contributed by atoms with van der Waals surface area (Å²) in [5.41, 5.74) is 5.87. The molecule has 0 radical (unpaired) electrons. The topological polar surface area (TPSA) is 35.2 Å². The van der Waals surface area contributed by atoms with Crippen molar-refractivity contribution in [3.63, 3.8) is 0 Å². The van der Waals surface area contributed by atoms with Crippen molar-refractivity contribution in [2.24, 2.45) is 0 Å². The summed E-state index contributed by atoms with van der Waals surface area (Å²) in [7, 11) is 1.42. The van der Waals surface area contributed by atoms with Gasteiger partial charge in [-0.15, -0.1) is 0 Å². The van der Waals surface area contributed by atoms with Crippen LogP contribution in [0.25, 0.3) is 0 Å². The van der Waals surface area contributed by atoms with Gasteiger partial charge < -0.3 is 10.5 Å². The molecule has 0 fully saturated rings. The van der Waals surface area contributed by atoms with Gasteiger partial charge in [0.05, 0.1) is 18.7 Å². The molecule has 0 amide bonds. The molecule has 0 aliphatic carbocycles. The number of alkyl halides is 3. The molecule has 0 spiro atoms. The third-order valence-electron chi connectivity index (χ3n) is 2.24.